The van der Waals surface area contributed by atoms with Gasteiger partial charge in [-0.15, -0.1) is 11.3 Å². The lowest BCUT2D eigenvalue weighted by molar-refractivity contribution is 0.219. The van der Waals surface area contributed by atoms with Crippen molar-refractivity contribution < 1.29 is 0 Å². The Morgan fingerprint density at radius 3 is 2.83 bits per heavy atom. The zero-order chi connectivity index (χ0) is 16.7. The molecule has 0 radical (unpaired) electrons. The van der Waals surface area contributed by atoms with Crippen LogP contribution in [0.25, 0.3) is 10.2 Å². The number of nitrogens with zero attached hydrogens (tertiary/aromatic N) is 4. The van der Waals surface area contributed by atoms with Crippen LogP contribution in [0.4, 0.5) is 5.82 Å². The first kappa shape index (κ1) is 15.5. The van der Waals surface area contributed by atoms with Crippen LogP contribution in [-0.4, -0.2) is 41.5 Å². The Hall–Kier alpha value is -1.98. The summed E-state index contributed by atoms with van der Waals surface area (Å²) < 4.78 is 1.18. The SMILES string of the molecule is Cc1nc(N(C)CC2Cc3ccccc3CN2C)c2sccc2n1. The molecule has 1 aromatic carbocycles. The van der Waals surface area contributed by atoms with Crippen molar-refractivity contribution in [3.63, 3.8) is 0 Å². The second-order valence-corrected chi connectivity index (χ2v) is 7.57. The molecule has 3 aromatic rings. The van der Waals surface area contributed by atoms with E-state index in [-0.39, 0.29) is 0 Å². The van der Waals surface area contributed by atoms with Gasteiger partial charge in [-0.25, -0.2) is 9.97 Å². The van der Waals surface area contributed by atoms with Crippen molar-refractivity contribution in [3.8, 4) is 0 Å². The van der Waals surface area contributed by atoms with E-state index in [9.17, 15) is 0 Å². The van der Waals surface area contributed by atoms with Crippen LogP contribution in [0.5, 0.6) is 0 Å². The molecule has 24 heavy (non-hydrogen) atoms. The molecule has 1 aliphatic rings. The molecule has 1 atom stereocenters. The number of hydrogen-bond donors (Lipinski definition) is 0. The molecular formula is C19H22N4S. The fourth-order valence-corrected chi connectivity index (χ4v) is 4.42. The minimum Gasteiger partial charge on any atom is -0.357 e. The summed E-state index contributed by atoms with van der Waals surface area (Å²) in [6.07, 6.45) is 1.09. The lowest BCUT2D eigenvalue weighted by Gasteiger charge is -2.36. The van der Waals surface area contributed by atoms with Crippen LogP contribution in [0.15, 0.2) is 35.7 Å². The van der Waals surface area contributed by atoms with Gasteiger partial charge in [0.2, 0.25) is 0 Å². The van der Waals surface area contributed by atoms with Crippen molar-refractivity contribution >= 4 is 27.4 Å². The number of thiophene rings is 1. The first-order valence-corrected chi connectivity index (χ1v) is 9.20. The molecule has 3 heterocycles. The van der Waals surface area contributed by atoms with Crippen molar-refractivity contribution in [2.24, 2.45) is 0 Å². The van der Waals surface area contributed by atoms with Crippen molar-refractivity contribution in [2.45, 2.75) is 25.9 Å². The fourth-order valence-electron chi connectivity index (χ4n) is 3.54. The number of rotatable bonds is 3. The average Bonchev–Trinajstić information content (AvgIpc) is 3.02. The lowest BCUT2D eigenvalue weighted by Crippen LogP contribution is -2.45. The molecule has 1 aliphatic heterocycles. The predicted molar refractivity (Wildman–Crippen MR) is 101 cm³/mol. The minimum atomic E-state index is 0.496. The topological polar surface area (TPSA) is 32.3 Å². The Balaban J connectivity index is 1.60. The summed E-state index contributed by atoms with van der Waals surface area (Å²) in [5, 5.41) is 2.10. The third kappa shape index (κ3) is 2.78. The van der Waals surface area contributed by atoms with Gasteiger partial charge < -0.3 is 4.90 Å². The lowest BCUT2D eigenvalue weighted by atomic mass is 9.94. The van der Waals surface area contributed by atoms with E-state index in [4.69, 9.17) is 4.98 Å². The maximum atomic E-state index is 4.72. The van der Waals surface area contributed by atoms with Crippen molar-refractivity contribution in [2.75, 3.05) is 25.5 Å². The zero-order valence-corrected chi connectivity index (χ0v) is 15.2. The predicted octanol–water partition coefficient (Wildman–Crippen LogP) is 3.49. The second-order valence-electron chi connectivity index (χ2n) is 6.65. The summed E-state index contributed by atoms with van der Waals surface area (Å²) >= 11 is 1.72. The number of benzene rings is 1. The molecule has 0 saturated carbocycles. The van der Waals surface area contributed by atoms with E-state index in [1.165, 1.54) is 15.8 Å². The minimum absolute atomic E-state index is 0.496. The Labute approximate surface area is 146 Å². The zero-order valence-electron chi connectivity index (χ0n) is 14.4. The van der Waals surface area contributed by atoms with E-state index in [2.05, 4.69) is 64.6 Å². The van der Waals surface area contributed by atoms with Crippen LogP contribution in [0.1, 0.15) is 17.0 Å². The first-order valence-electron chi connectivity index (χ1n) is 8.32. The van der Waals surface area contributed by atoms with E-state index < -0.39 is 0 Å². The van der Waals surface area contributed by atoms with E-state index in [0.29, 0.717) is 6.04 Å². The summed E-state index contributed by atoms with van der Waals surface area (Å²) in [6, 6.07) is 11.4. The Kier molecular flexibility index (Phi) is 3.98. The van der Waals surface area contributed by atoms with Crippen molar-refractivity contribution in [1.82, 2.24) is 14.9 Å². The number of hydrogen-bond acceptors (Lipinski definition) is 5. The number of aromatic nitrogens is 2. The Morgan fingerprint density at radius 1 is 1.21 bits per heavy atom. The van der Waals surface area contributed by atoms with Gasteiger partial charge in [-0.05, 0) is 43.0 Å². The molecule has 0 spiro atoms. The first-order chi connectivity index (χ1) is 11.6. The molecule has 1 unspecified atom stereocenters. The third-order valence-corrected chi connectivity index (χ3v) is 5.76. The number of aryl methyl sites for hydroxylation is 1. The normalized spacial score (nSPS) is 17.9. The highest BCUT2D eigenvalue weighted by atomic mass is 32.1. The quantitative estimate of drug-likeness (QED) is 0.732. The van der Waals surface area contributed by atoms with Gasteiger partial charge in [0.1, 0.15) is 11.6 Å². The highest BCUT2D eigenvalue weighted by Crippen LogP contribution is 2.29. The molecule has 0 fully saturated rings. The molecule has 0 saturated heterocycles. The van der Waals surface area contributed by atoms with Crippen molar-refractivity contribution in [1.29, 1.82) is 0 Å². The smallest absolute Gasteiger partial charge is 0.150 e. The highest BCUT2D eigenvalue weighted by molar-refractivity contribution is 7.17. The molecule has 0 aliphatic carbocycles. The van der Waals surface area contributed by atoms with Crippen LogP contribution < -0.4 is 4.90 Å². The molecule has 4 rings (SSSR count). The van der Waals surface area contributed by atoms with Gasteiger partial charge in [0.05, 0.1) is 10.2 Å². The van der Waals surface area contributed by atoms with Gasteiger partial charge in [-0.1, -0.05) is 24.3 Å². The number of likely N-dealkylation sites (N-methyl/N-ethyl adjacent to an activating group) is 2. The largest absolute Gasteiger partial charge is 0.357 e. The van der Waals surface area contributed by atoms with Gasteiger partial charge >= 0.3 is 0 Å². The fraction of sp³-hybridized carbons (Fsp3) is 0.368. The van der Waals surface area contributed by atoms with Crippen LogP contribution in [0.2, 0.25) is 0 Å². The van der Waals surface area contributed by atoms with Gasteiger partial charge in [0, 0.05) is 26.2 Å². The van der Waals surface area contributed by atoms with Crippen LogP contribution >= 0.6 is 11.3 Å². The highest BCUT2D eigenvalue weighted by Gasteiger charge is 2.25. The summed E-state index contributed by atoms with van der Waals surface area (Å²) in [7, 11) is 4.37. The van der Waals surface area contributed by atoms with E-state index in [1.807, 2.05) is 6.92 Å². The van der Waals surface area contributed by atoms with E-state index in [1.54, 1.807) is 11.3 Å². The monoisotopic (exact) mass is 338 g/mol. The summed E-state index contributed by atoms with van der Waals surface area (Å²) in [5.74, 6) is 1.89. The molecule has 124 valence electrons. The number of fused-ring (bicyclic) bond motifs is 2. The van der Waals surface area contributed by atoms with Gasteiger partial charge in [0.25, 0.3) is 0 Å². The molecule has 2 aromatic heterocycles. The molecule has 0 bridgehead atoms. The molecular weight excluding hydrogens is 316 g/mol. The Morgan fingerprint density at radius 2 is 2.00 bits per heavy atom. The van der Waals surface area contributed by atoms with Crippen LogP contribution in [0, 0.1) is 6.92 Å². The van der Waals surface area contributed by atoms with Gasteiger partial charge in [-0.2, -0.15) is 0 Å². The summed E-state index contributed by atoms with van der Waals surface area (Å²) in [5.41, 5.74) is 3.99. The summed E-state index contributed by atoms with van der Waals surface area (Å²) in [6.45, 7) is 3.96. The molecule has 4 nitrogen and oxygen atoms in total. The van der Waals surface area contributed by atoms with Gasteiger partial charge in [0.15, 0.2) is 0 Å². The average molecular weight is 338 g/mol. The van der Waals surface area contributed by atoms with Crippen molar-refractivity contribution in [3.05, 3.63) is 52.7 Å². The summed E-state index contributed by atoms with van der Waals surface area (Å²) in [4.78, 5) is 14.0. The maximum absolute atomic E-state index is 4.72. The molecule has 0 amide bonds. The molecule has 5 heteroatoms. The number of anilines is 1. The van der Waals surface area contributed by atoms with E-state index >= 15 is 0 Å². The maximum Gasteiger partial charge on any atom is 0.150 e. The van der Waals surface area contributed by atoms with Crippen LogP contribution in [0.3, 0.4) is 0 Å². The van der Waals surface area contributed by atoms with E-state index in [0.717, 1.165) is 36.7 Å². The second kappa shape index (κ2) is 6.15. The Bertz CT molecular complexity index is 873. The third-order valence-electron chi connectivity index (χ3n) is 4.86. The standard InChI is InChI=1S/C19H22N4S/c1-13-20-17-8-9-24-18(17)19(21-13)23(3)12-16-10-14-6-4-5-7-15(14)11-22(16)2/h4-9,16H,10-12H2,1-3H3. The van der Waals surface area contributed by atoms with Crippen LogP contribution in [-0.2, 0) is 13.0 Å². The van der Waals surface area contributed by atoms with Gasteiger partial charge in [-0.3, -0.25) is 4.90 Å². The molecule has 0 N–H and O–H groups in total.